The van der Waals surface area contributed by atoms with Gasteiger partial charge in [0.25, 0.3) is 10.0 Å². The number of anilines is 1. The van der Waals surface area contributed by atoms with E-state index in [4.69, 9.17) is 0 Å². The minimum absolute atomic E-state index is 0.156. The molecule has 0 radical (unpaired) electrons. The number of sulfonamides is 1. The van der Waals surface area contributed by atoms with Crippen molar-refractivity contribution in [3.05, 3.63) is 94.0 Å². The number of carbonyl (C=O) groups excluding carboxylic acids is 1. The van der Waals surface area contributed by atoms with E-state index in [1.165, 1.54) is 9.87 Å². The third-order valence-electron chi connectivity index (χ3n) is 6.15. The van der Waals surface area contributed by atoms with E-state index in [1.54, 1.807) is 30.3 Å². The van der Waals surface area contributed by atoms with Crippen LogP contribution in [0, 0.1) is 34.6 Å². The fraction of sp³-hybridized carbons (Fsp3) is 0.296. The maximum Gasteiger partial charge on any atom is 0.264 e. The Bertz CT molecular complexity index is 1270. The van der Waals surface area contributed by atoms with Crippen molar-refractivity contribution in [3.8, 4) is 0 Å². The van der Waals surface area contributed by atoms with Crippen molar-refractivity contribution < 1.29 is 13.2 Å². The van der Waals surface area contributed by atoms with Gasteiger partial charge in [0.2, 0.25) is 5.91 Å². The van der Waals surface area contributed by atoms with E-state index in [2.05, 4.69) is 5.32 Å². The van der Waals surface area contributed by atoms with Crippen LogP contribution in [0.25, 0.3) is 0 Å². The molecule has 0 saturated carbocycles. The number of nitrogens with one attached hydrogen (secondary N) is 1. The van der Waals surface area contributed by atoms with Crippen LogP contribution in [0.4, 0.5) is 5.69 Å². The van der Waals surface area contributed by atoms with Gasteiger partial charge in [-0.25, -0.2) is 8.42 Å². The highest BCUT2D eigenvalue weighted by Gasteiger charge is 2.29. The highest BCUT2D eigenvalue weighted by atomic mass is 32.2. The number of rotatable bonds is 7. The lowest BCUT2D eigenvalue weighted by Gasteiger charge is -2.27. The third-order valence-corrected chi connectivity index (χ3v) is 7.92. The SMILES string of the molecule is Cc1ccc(S(=O)(=O)N(CC(=O)NC(C)c2ccc(C)c(C)c2)c2cccc(C)c2C)cc1. The van der Waals surface area contributed by atoms with Crippen LogP contribution in [0.5, 0.6) is 0 Å². The zero-order valence-electron chi connectivity index (χ0n) is 20.1. The van der Waals surface area contributed by atoms with E-state index in [1.807, 2.05) is 71.9 Å². The van der Waals surface area contributed by atoms with Crippen LogP contribution in [0.2, 0.25) is 0 Å². The number of aryl methyl sites for hydroxylation is 4. The van der Waals surface area contributed by atoms with E-state index in [9.17, 15) is 13.2 Å². The van der Waals surface area contributed by atoms with E-state index in [-0.39, 0.29) is 23.4 Å². The van der Waals surface area contributed by atoms with Crippen LogP contribution in [0.1, 0.15) is 46.3 Å². The van der Waals surface area contributed by atoms with Crippen LogP contribution in [0.3, 0.4) is 0 Å². The van der Waals surface area contributed by atoms with Gasteiger partial charge in [-0.3, -0.25) is 9.10 Å². The molecule has 0 fully saturated rings. The second kappa shape index (κ2) is 9.79. The summed E-state index contributed by atoms with van der Waals surface area (Å²) in [5.74, 6) is -0.364. The van der Waals surface area contributed by atoms with Crippen molar-refractivity contribution >= 4 is 21.6 Å². The summed E-state index contributed by atoms with van der Waals surface area (Å²) in [6.45, 7) is 11.4. The summed E-state index contributed by atoms with van der Waals surface area (Å²) < 4.78 is 28.5. The molecular weight excluding hydrogens is 432 g/mol. The van der Waals surface area contributed by atoms with E-state index in [0.717, 1.165) is 27.8 Å². The summed E-state index contributed by atoms with van der Waals surface area (Å²) in [4.78, 5) is 13.2. The minimum Gasteiger partial charge on any atom is -0.348 e. The standard InChI is InChI=1S/C27H32N2O3S/c1-18-10-14-25(15-11-18)33(31,32)29(26-9-7-8-20(3)22(26)5)17-27(30)28-23(6)24-13-12-19(2)21(4)16-24/h7-16,23H,17H2,1-6H3,(H,28,30). The Morgan fingerprint density at radius 1 is 0.879 bits per heavy atom. The van der Waals surface area contributed by atoms with Crippen molar-refractivity contribution in [2.45, 2.75) is 52.5 Å². The molecular formula is C27H32N2O3S. The number of hydrogen-bond donors (Lipinski definition) is 1. The quantitative estimate of drug-likeness (QED) is 0.516. The first kappa shape index (κ1) is 24.5. The van der Waals surface area contributed by atoms with Crippen LogP contribution >= 0.6 is 0 Å². The van der Waals surface area contributed by atoms with Crippen molar-refractivity contribution in [2.75, 3.05) is 10.8 Å². The molecule has 1 atom stereocenters. The minimum atomic E-state index is -3.95. The smallest absolute Gasteiger partial charge is 0.264 e. The molecule has 0 aliphatic rings. The number of amides is 1. The number of hydrogen-bond acceptors (Lipinski definition) is 3. The second-order valence-electron chi connectivity index (χ2n) is 8.68. The first-order valence-electron chi connectivity index (χ1n) is 11.0. The van der Waals surface area contributed by atoms with Crippen LogP contribution in [-0.2, 0) is 14.8 Å². The Morgan fingerprint density at radius 3 is 2.18 bits per heavy atom. The van der Waals surface area contributed by atoms with Gasteiger partial charge in [-0.05, 0) is 87.6 Å². The van der Waals surface area contributed by atoms with Crippen LogP contribution in [-0.4, -0.2) is 20.9 Å². The number of carbonyl (C=O) groups is 1. The van der Waals surface area contributed by atoms with Gasteiger partial charge >= 0.3 is 0 Å². The third kappa shape index (κ3) is 5.45. The second-order valence-corrected chi connectivity index (χ2v) is 10.5. The summed E-state index contributed by atoms with van der Waals surface area (Å²) in [5.41, 5.74) is 6.56. The molecule has 1 N–H and O–H groups in total. The van der Waals surface area contributed by atoms with Gasteiger partial charge in [0.05, 0.1) is 16.6 Å². The van der Waals surface area contributed by atoms with Gasteiger partial charge < -0.3 is 5.32 Å². The van der Waals surface area contributed by atoms with E-state index in [0.29, 0.717) is 5.69 Å². The lowest BCUT2D eigenvalue weighted by Crippen LogP contribution is -2.42. The topological polar surface area (TPSA) is 66.5 Å². The van der Waals surface area contributed by atoms with Gasteiger partial charge in [0.15, 0.2) is 0 Å². The Morgan fingerprint density at radius 2 is 1.55 bits per heavy atom. The molecule has 3 aromatic rings. The van der Waals surface area contributed by atoms with Crippen molar-refractivity contribution in [1.29, 1.82) is 0 Å². The number of nitrogens with zero attached hydrogens (tertiary/aromatic N) is 1. The largest absolute Gasteiger partial charge is 0.348 e. The Labute approximate surface area is 197 Å². The average molecular weight is 465 g/mol. The molecule has 0 spiro atoms. The van der Waals surface area contributed by atoms with Gasteiger partial charge in [0.1, 0.15) is 6.54 Å². The molecule has 6 heteroatoms. The van der Waals surface area contributed by atoms with Crippen LogP contribution < -0.4 is 9.62 Å². The molecule has 0 aliphatic heterocycles. The molecule has 1 unspecified atom stereocenters. The lowest BCUT2D eigenvalue weighted by molar-refractivity contribution is -0.120. The summed E-state index contributed by atoms with van der Waals surface area (Å²) in [6.07, 6.45) is 0. The average Bonchev–Trinajstić information content (AvgIpc) is 2.76. The Balaban J connectivity index is 1.94. The van der Waals surface area contributed by atoms with Crippen LogP contribution in [0.15, 0.2) is 65.6 Å². The van der Waals surface area contributed by atoms with Gasteiger partial charge in [-0.15, -0.1) is 0 Å². The number of benzene rings is 3. The molecule has 3 rings (SSSR count). The monoisotopic (exact) mass is 464 g/mol. The molecule has 0 aromatic heterocycles. The zero-order chi connectivity index (χ0) is 24.3. The molecule has 0 saturated heterocycles. The fourth-order valence-corrected chi connectivity index (χ4v) is 5.16. The maximum atomic E-state index is 13.6. The molecule has 33 heavy (non-hydrogen) atoms. The molecule has 3 aromatic carbocycles. The molecule has 0 aliphatic carbocycles. The molecule has 0 heterocycles. The first-order chi connectivity index (χ1) is 15.5. The Kier molecular flexibility index (Phi) is 7.28. The zero-order valence-corrected chi connectivity index (χ0v) is 21.0. The summed E-state index contributed by atoms with van der Waals surface area (Å²) in [6, 6.07) is 18.0. The summed E-state index contributed by atoms with van der Waals surface area (Å²) in [7, 11) is -3.95. The molecule has 5 nitrogen and oxygen atoms in total. The Hall–Kier alpha value is -3.12. The first-order valence-corrected chi connectivity index (χ1v) is 12.5. The molecule has 0 bridgehead atoms. The van der Waals surface area contributed by atoms with Gasteiger partial charge in [0, 0.05) is 0 Å². The summed E-state index contributed by atoms with van der Waals surface area (Å²) in [5, 5.41) is 2.96. The van der Waals surface area contributed by atoms with Crippen molar-refractivity contribution in [1.82, 2.24) is 5.32 Å². The van der Waals surface area contributed by atoms with Gasteiger partial charge in [-0.1, -0.05) is 48.0 Å². The van der Waals surface area contributed by atoms with Crippen molar-refractivity contribution in [2.24, 2.45) is 0 Å². The predicted molar refractivity (Wildman–Crippen MR) is 134 cm³/mol. The normalized spacial score (nSPS) is 12.3. The highest BCUT2D eigenvalue weighted by molar-refractivity contribution is 7.92. The maximum absolute atomic E-state index is 13.6. The molecule has 1 amide bonds. The molecule has 174 valence electrons. The predicted octanol–water partition coefficient (Wildman–Crippen LogP) is 5.30. The van der Waals surface area contributed by atoms with E-state index >= 15 is 0 Å². The van der Waals surface area contributed by atoms with Gasteiger partial charge in [-0.2, -0.15) is 0 Å². The van der Waals surface area contributed by atoms with Crippen molar-refractivity contribution in [3.63, 3.8) is 0 Å². The fourth-order valence-electron chi connectivity index (χ4n) is 3.68. The lowest BCUT2D eigenvalue weighted by atomic mass is 10.0. The highest BCUT2D eigenvalue weighted by Crippen LogP contribution is 2.29. The van der Waals surface area contributed by atoms with E-state index < -0.39 is 10.0 Å². The summed E-state index contributed by atoms with van der Waals surface area (Å²) >= 11 is 0.